The van der Waals surface area contributed by atoms with Crippen molar-refractivity contribution >= 4 is 28.5 Å². The van der Waals surface area contributed by atoms with Crippen molar-refractivity contribution in [3.05, 3.63) is 0 Å². The van der Waals surface area contributed by atoms with Gasteiger partial charge < -0.3 is 5.32 Å². The second-order valence-electron chi connectivity index (χ2n) is 6.31. The first-order valence-electron chi connectivity index (χ1n) is 6.96. The van der Waals surface area contributed by atoms with E-state index in [0.29, 0.717) is 3.42 Å². The number of halogens is 1. The molecule has 0 saturated heterocycles. The molecule has 0 aliphatic heterocycles. The van der Waals surface area contributed by atoms with E-state index in [1.165, 1.54) is 51.4 Å². The van der Waals surface area contributed by atoms with Crippen LogP contribution >= 0.6 is 22.6 Å². The highest BCUT2D eigenvalue weighted by atomic mass is 127. The Balaban J connectivity index is 2.13. The Kier molecular flexibility index (Phi) is 4.06. The van der Waals surface area contributed by atoms with Crippen LogP contribution in [0.5, 0.6) is 0 Å². The van der Waals surface area contributed by atoms with Crippen molar-refractivity contribution in [2.75, 3.05) is 0 Å². The van der Waals surface area contributed by atoms with Crippen molar-refractivity contribution in [1.82, 2.24) is 5.32 Å². The van der Waals surface area contributed by atoms with E-state index in [0.717, 1.165) is 0 Å². The van der Waals surface area contributed by atoms with E-state index in [4.69, 9.17) is 0 Å². The maximum absolute atomic E-state index is 12.0. The molecule has 1 amide bonds. The number of hydrogen-bond donors (Lipinski definition) is 1. The quantitative estimate of drug-likeness (QED) is 0.596. The zero-order chi connectivity index (χ0) is 12.5. The molecule has 0 aromatic rings. The Hall–Kier alpha value is 0.200. The monoisotopic (exact) mass is 349 g/mol. The highest BCUT2D eigenvalue weighted by Crippen LogP contribution is 2.49. The average molecular weight is 349 g/mol. The van der Waals surface area contributed by atoms with Gasteiger partial charge in [0.1, 0.15) is 0 Å². The summed E-state index contributed by atoms with van der Waals surface area (Å²) in [5.41, 5.74) is 0.122. The van der Waals surface area contributed by atoms with E-state index in [1.807, 2.05) is 13.8 Å². The first-order valence-corrected chi connectivity index (χ1v) is 8.04. The Bertz CT molecular complexity index is 305. The fourth-order valence-electron chi connectivity index (χ4n) is 3.43. The number of carbonyl (C=O) groups is 1. The summed E-state index contributed by atoms with van der Waals surface area (Å²) >= 11 is 2.67. The molecule has 2 saturated carbocycles. The van der Waals surface area contributed by atoms with Crippen LogP contribution in [0.4, 0.5) is 0 Å². The lowest BCUT2D eigenvalue weighted by Crippen LogP contribution is -2.54. The molecule has 0 aromatic heterocycles. The zero-order valence-electron chi connectivity index (χ0n) is 11.0. The van der Waals surface area contributed by atoms with Crippen molar-refractivity contribution in [3.8, 4) is 0 Å². The third kappa shape index (κ3) is 3.15. The minimum absolute atomic E-state index is 0.109. The van der Waals surface area contributed by atoms with Gasteiger partial charge in [0.15, 0.2) is 0 Å². The van der Waals surface area contributed by atoms with Crippen molar-refractivity contribution in [2.24, 2.45) is 5.92 Å². The lowest BCUT2D eigenvalue weighted by atomic mass is 9.74. The number of alkyl halides is 1. The molecule has 2 atom stereocenters. The van der Waals surface area contributed by atoms with Gasteiger partial charge in [0.05, 0.1) is 0 Å². The van der Waals surface area contributed by atoms with Crippen LogP contribution in [0.25, 0.3) is 0 Å². The van der Waals surface area contributed by atoms with E-state index in [9.17, 15) is 4.79 Å². The highest BCUT2D eigenvalue weighted by molar-refractivity contribution is 14.1. The molecule has 0 spiro atoms. The minimum Gasteiger partial charge on any atom is -0.350 e. The molecule has 2 nitrogen and oxygen atoms in total. The molecular formula is C14H24INO. The second kappa shape index (κ2) is 5.06. The molecule has 2 aliphatic carbocycles. The van der Waals surface area contributed by atoms with Gasteiger partial charge >= 0.3 is 0 Å². The molecule has 2 bridgehead atoms. The fourth-order valence-corrected chi connectivity index (χ4v) is 4.93. The van der Waals surface area contributed by atoms with E-state index < -0.39 is 0 Å². The summed E-state index contributed by atoms with van der Waals surface area (Å²) in [6.07, 6.45) is 10.2. The van der Waals surface area contributed by atoms with Crippen LogP contribution in [0.1, 0.15) is 65.2 Å². The smallest absolute Gasteiger partial charge is 0.222 e. The maximum atomic E-state index is 12.0. The predicted molar refractivity (Wildman–Crippen MR) is 79.4 cm³/mol. The summed E-state index contributed by atoms with van der Waals surface area (Å²) in [5, 5.41) is 3.38. The van der Waals surface area contributed by atoms with Gasteiger partial charge in [0, 0.05) is 14.9 Å². The van der Waals surface area contributed by atoms with Crippen LogP contribution < -0.4 is 5.32 Å². The summed E-state index contributed by atoms with van der Waals surface area (Å²) in [7, 11) is 0. The highest BCUT2D eigenvalue weighted by Gasteiger charge is 2.45. The van der Waals surface area contributed by atoms with Gasteiger partial charge in [0.25, 0.3) is 0 Å². The van der Waals surface area contributed by atoms with Gasteiger partial charge in [-0.05, 0) is 38.5 Å². The third-order valence-corrected chi connectivity index (χ3v) is 5.84. The van der Waals surface area contributed by atoms with E-state index >= 15 is 0 Å². The van der Waals surface area contributed by atoms with Crippen molar-refractivity contribution in [1.29, 1.82) is 0 Å². The SMILES string of the molecule is CC(C)C(=O)NC12CCCCC(I)(CCC1)C2. The van der Waals surface area contributed by atoms with Gasteiger partial charge in [0.2, 0.25) is 5.91 Å². The summed E-state index contributed by atoms with van der Waals surface area (Å²) in [5.74, 6) is 0.353. The van der Waals surface area contributed by atoms with Crippen LogP contribution in [0.2, 0.25) is 0 Å². The molecule has 98 valence electrons. The molecule has 2 rings (SSSR count). The largest absolute Gasteiger partial charge is 0.350 e. The minimum atomic E-state index is 0.109. The van der Waals surface area contributed by atoms with Gasteiger partial charge in [-0.2, -0.15) is 0 Å². The molecule has 2 fully saturated rings. The van der Waals surface area contributed by atoms with Crippen molar-refractivity contribution in [3.63, 3.8) is 0 Å². The molecule has 0 aromatic carbocycles. The predicted octanol–water partition coefficient (Wildman–Crippen LogP) is 3.82. The van der Waals surface area contributed by atoms with Gasteiger partial charge in [-0.15, -0.1) is 0 Å². The number of nitrogens with one attached hydrogen (secondary N) is 1. The first-order chi connectivity index (χ1) is 7.95. The van der Waals surface area contributed by atoms with Crippen LogP contribution in [0, 0.1) is 5.92 Å². The molecule has 1 N–H and O–H groups in total. The molecular weight excluding hydrogens is 325 g/mol. The van der Waals surface area contributed by atoms with Gasteiger partial charge in [-0.25, -0.2) is 0 Å². The molecule has 0 radical (unpaired) electrons. The number of amides is 1. The number of carbonyl (C=O) groups excluding carboxylic acids is 1. The lowest BCUT2D eigenvalue weighted by molar-refractivity contribution is -0.126. The summed E-state index contributed by atoms with van der Waals surface area (Å²) in [6, 6.07) is 0. The average Bonchev–Trinajstić information content (AvgIpc) is 2.34. The van der Waals surface area contributed by atoms with Crippen LogP contribution in [-0.2, 0) is 4.79 Å². The first kappa shape index (κ1) is 13.6. The van der Waals surface area contributed by atoms with Crippen molar-refractivity contribution in [2.45, 2.75) is 74.2 Å². The van der Waals surface area contributed by atoms with Gasteiger partial charge in [-0.3, -0.25) is 4.79 Å². The maximum Gasteiger partial charge on any atom is 0.222 e. The van der Waals surface area contributed by atoms with E-state index in [2.05, 4.69) is 27.9 Å². The molecule has 2 unspecified atom stereocenters. The second-order valence-corrected chi connectivity index (χ2v) is 8.60. The molecule has 17 heavy (non-hydrogen) atoms. The number of rotatable bonds is 2. The normalized spacial score (nSPS) is 37.6. The Morgan fingerprint density at radius 2 is 1.71 bits per heavy atom. The molecule has 2 aliphatic rings. The Morgan fingerprint density at radius 1 is 1.12 bits per heavy atom. The number of hydrogen-bond acceptors (Lipinski definition) is 1. The topological polar surface area (TPSA) is 29.1 Å². The van der Waals surface area contributed by atoms with Gasteiger partial charge in [-0.1, -0.05) is 49.3 Å². The van der Waals surface area contributed by atoms with Crippen molar-refractivity contribution < 1.29 is 4.79 Å². The standard InChI is InChI=1S/C14H24INO/c1-11(2)12(17)16-14-8-4-3-6-13(15,10-14)7-5-9-14/h11H,3-10H2,1-2H3,(H,16,17). The fraction of sp³-hybridized carbons (Fsp3) is 0.929. The van der Waals surface area contributed by atoms with Crippen LogP contribution in [0.3, 0.4) is 0 Å². The van der Waals surface area contributed by atoms with E-state index in [1.54, 1.807) is 0 Å². The third-order valence-electron chi connectivity index (χ3n) is 4.38. The Morgan fingerprint density at radius 3 is 2.41 bits per heavy atom. The summed E-state index contributed by atoms with van der Waals surface area (Å²) in [4.78, 5) is 12.0. The summed E-state index contributed by atoms with van der Waals surface area (Å²) < 4.78 is 0.455. The molecule has 3 heteroatoms. The molecule has 0 heterocycles. The lowest BCUT2D eigenvalue weighted by Gasteiger charge is -2.44. The Labute approximate surface area is 118 Å². The zero-order valence-corrected chi connectivity index (χ0v) is 13.2. The summed E-state index contributed by atoms with van der Waals surface area (Å²) in [6.45, 7) is 3.98. The van der Waals surface area contributed by atoms with Crippen LogP contribution in [-0.4, -0.2) is 14.9 Å². The van der Waals surface area contributed by atoms with E-state index in [-0.39, 0.29) is 17.4 Å². The number of fused-ring (bicyclic) bond motifs is 2. The van der Waals surface area contributed by atoms with Crippen LogP contribution in [0.15, 0.2) is 0 Å².